The molecule has 29 heavy (non-hydrogen) atoms. The topological polar surface area (TPSA) is 94.2 Å². The van der Waals surface area contributed by atoms with Gasteiger partial charge < -0.3 is 15.2 Å². The fourth-order valence-corrected chi connectivity index (χ4v) is 3.75. The van der Waals surface area contributed by atoms with Crippen LogP contribution in [0.5, 0.6) is 11.5 Å². The molecule has 0 aromatic heterocycles. The lowest BCUT2D eigenvalue weighted by Gasteiger charge is -2.19. The number of benzene rings is 2. The minimum absolute atomic E-state index is 0.180. The molecule has 1 unspecified atom stereocenters. The number of aliphatic imine (C=N–C) groups is 1. The number of aryl methyl sites for hydroxylation is 1. The molecule has 0 saturated carbocycles. The lowest BCUT2D eigenvalue weighted by Crippen LogP contribution is -2.33. The number of anilines is 1. The molecule has 2 aromatic rings. The van der Waals surface area contributed by atoms with Gasteiger partial charge in [0.05, 0.1) is 10.9 Å². The molecule has 2 aromatic carbocycles. The number of nitrogens with zero attached hydrogens (tertiary/aromatic N) is 2. The molecule has 0 bridgehead atoms. The summed E-state index contributed by atoms with van der Waals surface area (Å²) in [6.45, 7) is 3.84. The van der Waals surface area contributed by atoms with Crippen LogP contribution in [0.4, 0.5) is 5.69 Å². The molecule has 2 N–H and O–H groups in total. The molecule has 2 heterocycles. The average Bonchev–Trinajstić information content (AvgIpc) is 3.27. The first kappa shape index (κ1) is 19.1. The molecule has 148 valence electrons. The maximum atomic E-state index is 13.1. The summed E-state index contributed by atoms with van der Waals surface area (Å²) < 4.78 is 10.7. The second-order valence-corrected chi connectivity index (χ2v) is 7.98. The van der Waals surface area contributed by atoms with E-state index in [9.17, 15) is 9.59 Å². The van der Waals surface area contributed by atoms with Crippen LogP contribution in [0.15, 0.2) is 53.2 Å². The van der Waals surface area contributed by atoms with Gasteiger partial charge in [-0.1, -0.05) is 35.5 Å². The van der Waals surface area contributed by atoms with E-state index in [0.29, 0.717) is 22.4 Å². The third kappa shape index (κ3) is 3.84. The van der Waals surface area contributed by atoms with Gasteiger partial charge in [0, 0.05) is 0 Å². The van der Waals surface area contributed by atoms with Crippen molar-refractivity contribution in [1.29, 1.82) is 0 Å². The van der Waals surface area contributed by atoms with Gasteiger partial charge in [-0.15, -0.1) is 0 Å². The van der Waals surface area contributed by atoms with Gasteiger partial charge in [-0.2, -0.15) is 0 Å². The summed E-state index contributed by atoms with van der Waals surface area (Å²) in [6.07, 6.45) is 1.69. The van der Waals surface area contributed by atoms with Gasteiger partial charge in [0.1, 0.15) is 5.70 Å². The second kappa shape index (κ2) is 7.63. The Morgan fingerprint density at radius 2 is 1.93 bits per heavy atom. The summed E-state index contributed by atoms with van der Waals surface area (Å²) in [4.78, 5) is 30.7. The van der Waals surface area contributed by atoms with Crippen LogP contribution in [0.2, 0.25) is 0 Å². The van der Waals surface area contributed by atoms with Gasteiger partial charge in [-0.05, 0) is 49.8 Å². The van der Waals surface area contributed by atoms with E-state index in [2.05, 4.69) is 4.99 Å². The summed E-state index contributed by atoms with van der Waals surface area (Å²) in [5, 5.41) is -0.114. The molecule has 4 rings (SSSR count). The molecule has 0 radical (unpaired) electrons. The molecule has 0 aliphatic carbocycles. The van der Waals surface area contributed by atoms with E-state index in [-0.39, 0.29) is 18.4 Å². The number of amides is 2. The third-order valence-electron chi connectivity index (χ3n) is 4.50. The molecule has 1 atom stereocenters. The molecule has 0 fully saturated rings. The third-order valence-corrected chi connectivity index (χ3v) is 5.58. The van der Waals surface area contributed by atoms with Crippen LogP contribution >= 0.6 is 11.8 Å². The van der Waals surface area contributed by atoms with Crippen LogP contribution in [0.1, 0.15) is 18.1 Å². The van der Waals surface area contributed by atoms with Crippen LogP contribution in [0.25, 0.3) is 6.08 Å². The first-order chi connectivity index (χ1) is 13.9. The van der Waals surface area contributed by atoms with E-state index in [1.807, 2.05) is 37.3 Å². The predicted molar refractivity (Wildman–Crippen MR) is 113 cm³/mol. The molecular weight excluding hydrogens is 390 g/mol. The molecule has 0 spiro atoms. The molecule has 2 aliphatic rings. The fraction of sp³-hybridized carbons (Fsp3) is 0.190. The molecule has 7 nitrogen and oxygen atoms in total. The Morgan fingerprint density at radius 3 is 2.66 bits per heavy atom. The van der Waals surface area contributed by atoms with Crippen molar-refractivity contribution in [3.05, 3.63) is 59.3 Å². The second-order valence-electron chi connectivity index (χ2n) is 6.68. The summed E-state index contributed by atoms with van der Waals surface area (Å²) in [5.41, 5.74) is 8.19. The summed E-state index contributed by atoms with van der Waals surface area (Å²) in [6, 6.07) is 13.0. The number of ether oxygens (including phenoxy) is 2. The monoisotopic (exact) mass is 409 g/mol. The number of hydrogen-bond acceptors (Lipinski definition) is 6. The van der Waals surface area contributed by atoms with Crippen molar-refractivity contribution in [3.63, 3.8) is 0 Å². The quantitative estimate of drug-likeness (QED) is 0.783. The van der Waals surface area contributed by atoms with Crippen molar-refractivity contribution < 1.29 is 19.1 Å². The SMILES string of the molecule is Cc1ccc(N2C(=O)C(=Cc3ccc4c(c3)OCO4)N=C2SC(C)C(N)=O)cc1. The van der Waals surface area contributed by atoms with Gasteiger partial charge in [0.2, 0.25) is 12.7 Å². The number of amidine groups is 1. The minimum atomic E-state index is -0.528. The van der Waals surface area contributed by atoms with Crippen molar-refractivity contribution in [3.8, 4) is 11.5 Å². The van der Waals surface area contributed by atoms with Gasteiger partial charge in [0.25, 0.3) is 5.91 Å². The van der Waals surface area contributed by atoms with Crippen molar-refractivity contribution >= 4 is 40.5 Å². The number of primary amides is 1. The standard InChI is InChI=1S/C21H19N3O4S/c1-12-3-6-15(7-4-12)24-20(26)16(23-21(24)29-13(2)19(22)25)9-14-5-8-17-18(10-14)28-11-27-17/h3-10,13H,11H2,1-2H3,(H2,22,25). The summed E-state index contributed by atoms with van der Waals surface area (Å²) in [7, 11) is 0. The first-order valence-corrected chi connectivity index (χ1v) is 9.87. The Bertz CT molecular complexity index is 1050. The van der Waals surface area contributed by atoms with E-state index in [4.69, 9.17) is 15.2 Å². The van der Waals surface area contributed by atoms with E-state index in [1.54, 1.807) is 25.1 Å². The van der Waals surface area contributed by atoms with E-state index < -0.39 is 11.2 Å². The number of fused-ring (bicyclic) bond motifs is 1. The number of hydrogen-bond donors (Lipinski definition) is 1. The number of thioether (sulfide) groups is 1. The van der Waals surface area contributed by atoms with Crippen LogP contribution in [-0.4, -0.2) is 29.0 Å². The lowest BCUT2D eigenvalue weighted by atomic mass is 10.1. The summed E-state index contributed by atoms with van der Waals surface area (Å²) >= 11 is 1.16. The molecule has 0 saturated heterocycles. The Balaban J connectivity index is 1.70. The highest BCUT2D eigenvalue weighted by Crippen LogP contribution is 2.35. The summed E-state index contributed by atoms with van der Waals surface area (Å²) in [5.74, 6) is 0.551. The molecule has 2 aliphatic heterocycles. The zero-order valence-electron chi connectivity index (χ0n) is 15.9. The number of nitrogens with two attached hydrogens (primary N) is 1. The Hall–Kier alpha value is -3.26. The Labute approximate surface area is 172 Å². The van der Waals surface area contributed by atoms with Crippen LogP contribution in [0, 0.1) is 6.92 Å². The fourth-order valence-electron chi connectivity index (χ4n) is 2.87. The lowest BCUT2D eigenvalue weighted by molar-refractivity contribution is -0.117. The average molecular weight is 409 g/mol. The van der Waals surface area contributed by atoms with E-state index >= 15 is 0 Å². The van der Waals surface area contributed by atoms with Gasteiger partial charge in [-0.3, -0.25) is 14.5 Å². The highest BCUT2D eigenvalue weighted by molar-refractivity contribution is 8.15. The maximum Gasteiger partial charge on any atom is 0.283 e. The molecule has 8 heteroatoms. The highest BCUT2D eigenvalue weighted by atomic mass is 32.2. The van der Waals surface area contributed by atoms with Crippen LogP contribution < -0.4 is 20.1 Å². The van der Waals surface area contributed by atoms with Crippen molar-refractivity contribution in [2.45, 2.75) is 19.1 Å². The Morgan fingerprint density at radius 1 is 1.21 bits per heavy atom. The zero-order valence-corrected chi connectivity index (χ0v) is 16.7. The van der Waals surface area contributed by atoms with Crippen molar-refractivity contribution in [2.75, 3.05) is 11.7 Å². The van der Waals surface area contributed by atoms with Gasteiger partial charge in [0.15, 0.2) is 16.7 Å². The number of carbonyl (C=O) groups is 2. The minimum Gasteiger partial charge on any atom is -0.454 e. The number of rotatable bonds is 4. The highest BCUT2D eigenvalue weighted by Gasteiger charge is 2.33. The Kier molecular flexibility index (Phi) is 5.02. The van der Waals surface area contributed by atoms with Crippen LogP contribution in [0.3, 0.4) is 0 Å². The van der Waals surface area contributed by atoms with Gasteiger partial charge >= 0.3 is 0 Å². The normalized spacial score (nSPS) is 17.6. The van der Waals surface area contributed by atoms with E-state index in [0.717, 1.165) is 22.9 Å². The smallest absolute Gasteiger partial charge is 0.283 e. The van der Waals surface area contributed by atoms with Crippen LogP contribution in [-0.2, 0) is 9.59 Å². The first-order valence-electron chi connectivity index (χ1n) is 8.99. The van der Waals surface area contributed by atoms with Crippen molar-refractivity contribution in [1.82, 2.24) is 0 Å². The zero-order chi connectivity index (χ0) is 20.5. The van der Waals surface area contributed by atoms with E-state index in [1.165, 1.54) is 4.90 Å². The van der Waals surface area contributed by atoms with Crippen molar-refractivity contribution in [2.24, 2.45) is 10.7 Å². The number of carbonyl (C=O) groups excluding carboxylic acids is 2. The van der Waals surface area contributed by atoms with Gasteiger partial charge in [-0.25, -0.2) is 4.99 Å². The maximum absolute atomic E-state index is 13.1. The predicted octanol–water partition coefficient (Wildman–Crippen LogP) is 3.07. The largest absolute Gasteiger partial charge is 0.454 e. The molecular formula is C21H19N3O4S. The molecule has 2 amide bonds.